The predicted octanol–water partition coefficient (Wildman–Crippen LogP) is 5.61. The van der Waals surface area contributed by atoms with Crippen LogP contribution in [0.5, 0.6) is 11.5 Å². The minimum Gasteiger partial charge on any atom is -0.455 e. The van der Waals surface area contributed by atoms with Crippen molar-refractivity contribution in [1.29, 1.82) is 0 Å². The second kappa shape index (κ2) is 9.09. The molecule has 2 aromatic rings. The Balaban J connectivity index is 2.53. The minimum absolute atomic E-state index is 0.439. The lowest BCUT2D eigenvalue weighted by molar-refractivity contribution is 0.00456. The van der Waals surface area contributed by atoms with Crippen molar-refractivity contribution >= 4 is 35.1 Å². The maximum absolute atomic E-state index is 8.82. The van der Waals surface area contributed by atoms with Crippen LogP contribution in [-0.2, 0) is 0 Å². The van der Waals surface area contributed by atoms with Crippen LogP contribution in [0.4, 0.5) is 5.69 Å². The molecule has 0 unspecified atom stereocenters. The van der Waals surface area contributed by atoms with Gasteiger partial charge in [0.25, 0.3) is 6.21 Å². The molecule has 0 radical (unpaired) electrons. The second-order valence-corrected chi connectivity index (χ2v) is 5.97. The number of halogens is 2. The monoisotopic (exact) mass is 373 g/mol. The zero-order chi connectivity index (χ0) is 18.2. The Kier molecular flexibility index (Phi) is 6.84. The van der Waals surface area contributed by atoms with Gasteiger partial charge in [-0.2, -0.15) is 4.79 Å². The van der Waals surface area contributed by atoms with Gasteiger partial charge < -0.3 is 15.2 Å². The van der Waals surface area contributed by atoms with Crippen molar-refractivity contribution < 1.29 is 9.53 Å². The maximum Gasteiger partial charge on any atom is 0.289 e. The van der Waals surface area contributed by atoms with Gasteiger partial charge in [-0.1, -0.05) is 35.4 Å². The zero-order valence-electron chi connectivity index (χ0n) is 13.5. The van der Waals surface area contributed by atoms with Crippen molar-refractivity contribution in [2.45, 2.75) is 0 Å². The number of rotatable bonds is 8. The Morgan fingerprint density at radius 1 is 1.08 bits per heavy atom. The Hall–Kier alpha value is -2.52. The van der Waals surface area contributed by atoms with Crippen molar-refractivity contribution in [2.75, 3.05) is 18.0 Å². The van der Waals surface area contributed by atoms with E-state index < -0.39 is 0 Å². The average Bonchev–Trinajstić information content (AvgIpc) is 2.59. The molecule has 0 N–H and O–H groups in total. The Morgan fingerprint density at radius 3 is 2.28 bits per heavy atom. The van der Waals surface area contributed by atoms with Crippen LogP contribution >= 0.6 is 23.2 Å². The van der Waals surface area contributed by atoms with Gasteiger partial charge in [0.05, 0.1) is 16.3 Å². The van der Waals surface area contributed by atoms with Crippen molar-refractivity contribution in [3.63, 3.8) is 0 Å². The van der Waals surface area contributed by atoms with Gasteiger partial charge in [0.15, 0.2) is 5.75 Å². The summed E-state index contributed by atoms with van der Waals surface area (Å²) in [6.45, 7) is 8.74. The van der Waals surface area contributed by atoms with Crippen LogP contribution in [0.2, 0.25) is 10.0 Å². The third kappa shape index (κ3) is 4.97. The first-order valence-electron chi connectivity index (χ1n) is 7.50. The summed E-state index contributed by atoms with van der Waals surface area (Å²) < 4.78 is 6.01. The van der Waals surface area contributed by atoms with E-state index in [9.17, 15) is 0 Å². The van der Waals surface area contributed by atoms with Gasteiger partial charge in [-0.05, 0) is 36.4 Å². The van der Waals surface area contributed by atoms with Crippen molar-refractivity contribution in [3.05, 3.63) is 82.8 Å². The van der Waals surface area contributed by atoms with E-state index in [2.05, 4.69) is 17.9 Å². The van der Waals surface area contributed by atoms with Crippen LogP contribution in [0, 0.1) is 0 Å². The fraction of sp³-hybridized carbons (Fsp3) is 0.105. The molecule has 25 heavy (non-hydrogen) atoms. The molecular formula is C19H17Cl2N3O. The topological polar surface area (TPSA) is 48.9 Å². The van der Waals surface area contributed by atoms with Crippen LogP contribution in [0.15, 0.2) is 61.7 Å². The standard InChI is InChI=1S/C19H17Cl2N3O/c1-3-9-24(10-4-2)18-12-17(21)14(13-23-22)11-19(18)25-16-7-5-15(20)6-8-16/h3-8,11-13H,1-2,9-10H2. The van der Waals surface area contributed by atoms with E-state index in [0.717, 1.165) is 5.69 Å². The molecule has 2 aromatic carbocycles. The summed E-state index contributed by atoms with van der Waals surface area (Å²) >= 11 is 12.2. The molecule has 0 aliphatic carbocycles. The molecule has 128 valence electrons. The fourth-order valence-corrected chi connectivity index (χ4v) is 2.59. The van der Waals surface area contributed by atoms with Gasteiger partial charge in [0.1, 0.15) is 5.75 Å². The number of nitrogens with zero attached hydrogens (tertiary/aromatic N) is 3. The highest BCUT2D eigenvalue weighted by molar-refractivity contribution is 6.33. The van der Waals surface area contributed by atoms with Crippen molar-refractivity contribution in [1.82, 2.24) is 0 Å². The number of hydrogen-bond donors (Lipinski definition) is 0. The lowest BCUT2D eigenvalue weighted by Crippen LogP contribution is -2.23. The van der Waals surface area contributed by atoms with Crippen LogP contribution in [0.25, 0.3) is 5.53 Å². The summed E-state index contributed by atoms with van der Waals surface area (Å²) in [6.07, 6.45) is 4.82. The molecule has 6 heteroatoms. The highest BCUT2D eigenvalue weighted by Gasteiger charge is 2.16. The number of anilines is 1. The first kappa shape index (κ1) is 18.8. The lowest BCUT2D eigenvalue weighted by Gasteiger charge is -2.25. The van der Waals surface area contributed by atoms with Gasteiger partial charge in [0.2, 0.25) is 0 Å². The van der Waals surface area contributed by atoms with E-state index in [0.29, 0.717) is 40.2 Å². The Morgan fingerprint density at radius 2 is 1.72 bits per heavy atom. The molecule has 0 bridgehead atoms. The van der Waals surface area contributed by atoms with E-state index in [4.69, 9.17) is 33.5 Å². The molecule has 4 nitrogen and oxygen atoms in total. The summed E-state index contributed by atoms with van der Waals surface area (Å²) in [5.74, 6) is 1.18. The van der Waals surface area contributed by atoms with E-state index in [-0.39, 0.29) is 0 Å². The zero-order valence-corrected chi connectivity index (χ0v) is 15.0. The molecular weight excluding hydrogens is 357 g/mol. The first-order valence-corrected chi connectivity index (χ1v) is 8.25. The number of hydrogen-bond acceptors (Lipinski definition) is 2. The average molecular weight is 374 g/mol. The largest absolute Gasteiger partial charge is 0.455 e. The maximum atomic E-state index is 8.82. The first-order chi connectivity index (χ1) is 12.1. The molecule has 0 aromatic heterocycles. The normalized spacial score (nSPS) is 9.84. The summed E-state index contributed by atoms with van der Waals surface area (Å²) in [4.78, 5) is 5.06. The molecule has 0 saturated heterocycles. The number of benzene rings is 2. The van der Waals surface area contributed by atoms with Crippen LogP contribution in [0.1, 0.15) is 5.56 Å². The minimum atomic E-state index is 0.439. The highest BCUT2D eigenvalue weighted by Crippen LogP contribution is 2.37. The predicted molar refractivity (Wildman–Crippen MR) is 104 cm³/mol. The summed E-state index contributed by atoms with van der Waals surface area (Å²) in [5.41, 5.74) is 10.1. The van der Waals surface area contributed by atoms with E-state index in [1.165, 1.54) is 6.21 Å². The summed E-state index contributed by atoms with van der Waals surface area (Å²) in [7, 11) is 0. The van der Waals surface area contributed by atoms with E-state index in [1.54, 1.807) is 48.6 Å². The van der Waals surface area contributed by atoms with Crippen LogP contribution in [-0.4, -0.2) is 24.1 Å². The molecule has 2 rings (SSSR count). The van der Waals surface area contributed by atoms with Gasteiger partial charge in [-0.15, -0.1) is 13.2 Å². The molecule has 0 saturated carbocycles. The van der Waals surface area contributed by atoms with E-state index >= 15 is 0 Å². The van der Waals surface area contributed by atoms with Gasteiger partial charge >= 0.3 is 0 Å². The van der Waals surface area contributed by atoms with Crippen LogP contribution in [0.3, 0.4) is 0 Å². The quantitative estimate of drug-likeness (QED) is 0.261. The van der Waals surface area contributed by atoms with Crippen molar-refractivity contribution in [3.8, 4) is 11.5 Å². The van der Waals surface area contributed by atoms with Crippen LogP contribution < -0.4 is 9.64 Å². The van der Waals surface area contributed by atoms with Gasteiger partial charge in [-0.25, -0.2) is 0 Å². The molecule has 0 heterocycles. The highest BCUT2D eigenvalue weighted by atomic mass is 35.5. The van der Waals surface area contributed by atoms with Gasteiger partial charge in [-0.3, -0.25) is 0 Å². The van der Waals surface area contributed by atoms with E-state index in [1.807, 2.05) is 4.90 Å². The molecule has 0 spiro atoms. The summed E-state index contributed by atoms with van der Waals surface area (Å²) in [6, 6.07) is 10.5. The SMILES string of the molecule is C=CCN(CC=C)c1cc(Cl)c(C=[N+]=[N-])cc1Oc1ccc(Cl)cc1. The Labute approximate surface area is 157 Å². The van der Waals surface area contributed by atoms with Gasteiger partial charge in [0, 0.05) is 18.1 Å². The molecule has 0 amide bonds. The second-order valence-electron chi connectivity index (χ2n) is 5.12. The molecule has 0 fully saturated rings. The summed E-state index contributed by atoms with van der Waals surface area (Å²) in [5, 5.41) is 1.06. The third-order valence-electron chi connectivity index (χ3n) is 3.36. The fourth-order valence-electron chi connectivity index (χ4n) is 2.26. The molecule has 0 aliphatic heterocycles. The third-order valence-corrected chi connectivity index (χ3v) is 3.94. The Bertz CT molecular complexity index is 802. The molecule has 0 atom stereocenters. The number of ether oxygens (including phenoxy) is 1. The van der Waals surface area contributed by atoms with Crippen molar-refractivity contribution in [2.24, 2.45) is 0 Å². The smallest absolute Gasteiger partial charge is 0.289 e. The molecule has 0 aliphatic rings. The lowest BCUT2D eigenvalue weighted by atomic mass is 10.1.